The lowest BCUT2D eigenvalue weighted by Gasteiger charge is -2.01. The van der Waals surface area contributed by atoms with Gasteiger partial charge in [-0.15, -0.1) is 6.58 Å². The van der Waals surface area contributed by atoms with Crippen LogP contribution in [0.25, 0.3) is 0 Å². The number of rotatable bonds is 7. The maximum atomic E-state index is 10.8. The van der Waals surface area contributed by atoms with Gasteiger partial charge in [0.25, 0.3) is 0 Å². The summed E-state index contributed by atoms with van der Waals surface area (Å²) >= 11 is 0. The highest BCUT2D eigenvalue weighted by atomic mass is 16.5. The number of ether oxygens (including phenoxy) is 1. The van der Waals surface area contributed by atoms with Crippen molar-refractivity contribution in [1.29, 1.82) is 0 Å². The molecule has 0 spiro atoms. The summed E-state index contributed by atoms with van der Waals surface area (Å²) in [6.07, 6.45) is 3.39. The van der Waals surface area contributed by atoms with E-state index in [1.54, 1.807) is 6.08 Å². The number of esters is 1. The third-order valence-electron chi connectivity index (χ3n) is 1.32. The molecule has 96 valence electrons. The second-order valence-corrected chi connectivity index (χ2v) is 2.86. The Labute approximate surface area is 101 Å². The van der Waals surface area contributed by atoms with E-state index in [4.69, 9.17) is 10.2 Å². The summed E-state index contributed by atoms with van der Waals surface area (Å²) in [7, 11) is 0. The van der Waals surface area contributed by atoms with Crippen molar-refractivity contribution in [2.45, 2.75) is 12.8 Å². The minimum Gasteiger partial charge on any atom is -0.481 e. The van der Waals surface area contributed by atoms with Gasteiger partial charge in [0, 0.05) is 12.2 Å². The predicted octanol–water partition coefficient (Wildman–Crippen LogP) is 1.30. The molecule has 0 rings (SSSR count). The van der Waals surface area contributed by atoms with Crippen LogP contribution in [0.5, 0.6) is 0 Å². The molecule has 5 nitrogen and oxygen atoms in total. The quantitative estimate of drug-likeness (QED) is 0.399. The highest BCUT2D eigenvalue weighted by Gasteiger charge is 2.10. The van der Waals surface area contributed by atoms with Gasteiger partial charge in [-0.1, -0.05) is 25.3 Å². The highest BCUT2D eigenvalue weighted by molar-refractivity contribution is 5.92. The Kier molecular flexibility index (Phi) is 12.6. The largest absolute Gasteiger partial charge is 0.481 e. The molecule has 0 saturated heterocycles. The molecule has 0 aliphatic carbocycles. The molecule has 2 N–H and O–H groups in total. The molecule has 0 aliphatic rings. The topological polar surface area (TPSA) is 83.8 Å². The van der Waals surface area contributed by atoms with E-state index in [1.807, 2.05) is 0 Å². The van der Waals surface area contributed by atoms with Gasteiger partial charge in [0.1, 0.15) is 6.61 Å². The van der Waals surface area contributed by atoms with Crippen LogP contribution >= 0.6 is 0 Å². The van der Waals surface area contributed by atoms with Crippen LogP contribution < -0.4 is 0 Å². The van der Waals surface area contributed by atoms with Gasteiger partial charge in [-0.2, -0.15) is 0 Å². The number of carboxylic acids is 1. The number of hydrogen-bond donors (Lipinski definition) is 2. The molecule has 0 radical (unpaired) electrons. The van der Waals surface area contributed by atoms with Crippen LogP contribution in [0.4, 0.5) is 0 Å². The molecule has 0 heterocycles. The molecule has 17 heavy (non-hydrogen) atoms. The fourth-order valence-electron chi connectivity index (χ4n) is 0.583. The summed E-state index contributed by atoms with van der Waals surface area (Å²) < 4.78 is 4.53. The smallest absolute Gasteiger partial charge is 0.334 e. The Bertz CT molecular complexity index is 281. The maximum Gasteiger partial charge on any atom is 0.334 e. The molecule has 0 aromatic rings. The van der Waals surface area contributed by atoms with Gasteiger partial charge < -0.3 is 14.9 Å². The van der Waals surface area contributed by atoms with Crippen LogP contribution in [0, 0.1) is 0 Å². The number of carboxylic acid groups (broad SMARTS) is 1. The molecule has 5 heteroatoms. The third kappa shape index (κ3) is 14.1. The van der Waals surface area contributed by atoms with Crippen LogP contribution in [0.1, 0.15) is 12.8 Å². The molecule has 0 atom stereocenters. The second-order valence-electron chi connectivity index (χ2n) is 2.86. The molecule has 0 unspecified atom stereocenters. The number of aliphatic hydroxyl groups excluding tert-OH is 1. The van der Waals surface area contributed by atoms with Crippen molar-refractivity contribution in [2.75, 3.05) is 13.2 Å². The Balaban J connectivity index is 0. The molecule has 0 bridgehead atoms. The number of aliphatic carboxylic acids is 1. The van der Waals surface area contributed by atoms with Gasteiger partial charge in [-0.25, -0.2) is 4.79 Å². The first kappa shape index (κ1) is 17.5. The van der Waals surface area contributed by atoms with Gasteiger partial charge in [0.05, 0.1) is 6.42 Å². The molecule has 0 saturated carbocycles. The van der Waals surface area contributed by atoms with Crippen molar-refractivity contribution in [3.05, 3.63) is 37.5 Å². The first-order chi connectivity index (χ1) is 7.99. The lowest BCUT2D eigenvalue weighted by atomic mass is 10.2. The van der Waals surface area contributed by atoms with E-state index in [0.717, 1.165) is 0 Å². The molecular weight excluding hydrogens is 224 g/mol. The molecule has 0 amide bonds. The molecular formula is C12H18O5. The van der Waals surface area contributed by atoms with Gasteiger partial charge >= 0.3 is 11.9 Å². The highest BCUT2D eigenvalue weighted by Crippen LogP contribution is 2.00. The fourth-order valence-corrected chi connectivity index (χ4v) is 0.583. The van der Waals surface area contributed by atoms with E-state index in [1.165, 1.54) is 6.08 Å². The minimum absolute atomic E-state index is 0.0654. The number of aliphatic hydroxyl groups is 1. The Morgan fingerprint density at radius 1 is 1.24 bits per heavy atom. The van der Waals surface area contributed by atoms with E-state index in [0.29, 0.717) is 6.42 Å². The molecule has 0 aliphatic heterocycles. The number of carbonyl (C=O) groups excluding carboxylic acids is 1. The predicted molar refractivity (Wildman–Crippen MR) is 64.4 cm³/mol. The van der Waals surface area contributed by atoms with E-state index in [-0.39, 0.29) is 18.8 Å². The summed E-state index contributed by atoms with van der Waals surface area (Å²) in [5, 5.41) is 16.3. The zero-order chi connectivity index (χ0) is 13.7. The van der Waals surface area contributed by atoms with Crippen LogP contribution in [0.2, 0.25) is 0 Å². The van der Waals surface area contributed by atoms with Crippen molar-refractivity contribution in [3.8, 4) is 0 Å². The first-order valence-corrected chi connectivity index (χ1v) is 4.88. The van der Waals surface area contributed by atoms with Crippen LogP contribution in [-0.2, 0) is 14.3 Å². The van der Waals surface area contributed by atoms with Crippen molar-refractivity contribution in [3.63, 3.8) is 0 Å². The number of hydrogen-bond acceptors (Lipinski definition) is 4. The summed E-state index contributed by atoms with van der Waals surface area (Å²) in [4.78, 5) is 20.9. The Morgan fingerprint density at radius 3 is 2.12 bits per heavy atom. The van der Waals surface area contributed by atoms with Crippen LogP contribution in [0.3, 0.4) is 0 Å². The molecule has 0 aromatic carbocycles. The fraction of sp³-hybridized carbons (Fsp3) is 0.333. The lowest BCUT2D eigenvalue weighted by Crippen LogP contribution is -2.10. The zero-order valence-electron chi connectivity index (χ0n) is 9.72. The van der Waals surface area contributed by atoms with Crippen molar-refractivity contribution >= 4 is 11.9 Å². The van der Waals surface area contributed by atoms with Crippen molar-refractivity contribution in [1.82, 2.24) is 0 Å². The standard InChI is InChI=1S/C8H10O4.C4H8O/c1-3-4-12-8(11)6(2)5-7(9)10;1-2-3-4-5/h3H,1-2,4-5H2,(H,9,10);2,5H,1,3-4H2. The van der Waals surface area contributed by atoms with E-state index in [2.05, 4.69) is 24.5 Å². The van der Waals surface area contributed by atoms with Gasteiger partial charge in [0.2, 0.25) is 0 Å². The average molecular weight is 242 g/mol. The van der Waals surface area contributed by atoms with Gasteiger partial charge in [-0.3, -0.25) is 4.79 Å². The minimum atomic E-state index is -1.10. The SMILES string of the molecule is C=CCCO.C=CCOC(=O)C(=C)CC(=O)O. The molecule has 0 aromatic heterocycles. The summed E-state index contributed by atoms with van der Waals surface area (Å²) in [6.45, 7) is 10.3. The van der Waals surface area contributed by atoms with Gasteiger partial charge in [0.15, 0.2) is 0 Å². The zero-order valence-corrected chi connectivity index (χ0v) is 9.72. The summed E-state index contributed by atoms with van der Waals surface area (Å²) in [5.41, 5.74) is -0.0654. The van der Waals surface area contributed by atoms with Gasteiger partial charge in [-0.05, 0) is 6.42 Å². The average Bonchev–Trinajstić information content (AvgIpc) is 2.26. The van der Waals surface area contributed by atoms with Crippen molar-refractivity contribution in [2.24, 2.45) is 0 Å². The van der Waals surface area contributed by atoms with E-state index < -0.39 is 18.4 Å². The summed E-state index contributed by atoms with van der Waals surface area (Å²) in [5.74, 6) is -1.80. The number of carbonyl (C=O) groups is 2. The maximum absolute atomic E-state index is 10.8. The Hall–Kier alpha value is -1.88. The third-order valence-corrected chi connectivity index (χ3v) is 1.32. The second kappa shape index (κ2) is 12.2. The normalized spacial score (nSPS) is 8.29. The van der Waals surface area contributed by atoms with Crippen LogP contribution in [0.15, 0.2) is 37.5 Å². The van der Waals surface area contributed by atoms with Crippen LogP contribution in [-0.4, -0.2) is 35.4 Å². The Morgan fingerprint density at radius 2 is 1.82 bits per heavy atom. The molecule has 0 fully saturated rings. The monoisotopic (exact) mass is 242 g/mol. The lowest BCUT2D eigenvalue weighted by molar-refractivity contribution is -0.142. The first-order valence-electron chi connectivity index (χ1n) is 4.88. The van der Waals surface area contributed by atoms with Crippen molar-refractivity contribution < 1.29 is 24.5 Å². The van der Waals surface area contributed by atoms with E-state index in [9.17, 15) is 9.59 Å². The van der Waals surface area contributed by atoms with E-state index >= 15 is 0 Å². The summed E-state index contributed by atoms with van der Waals surface area (Å²) in [6, 6.07) is 0.